The van der Waals surface area contributed by atoms with Crippen molar-refractivity contribution in [3.8, 4) is 5.75 Å². The van der Waals surface area contributed by atoms with Gasteiger partial charge in [-0.05, 0) is 29.8 Å². The second kappa shape index (κ2) is 5.92. The maximum atomic E-state index is 5.83. The topological polar surface area (TPSA) is 34.2 Å². The van der Waals surface area contributed by atoms with Crippen LogP contribution in [0.15, 0.2) is 48.7 Å². The number of rotatable bonds is 5. The molecule has 0 fully saturated rings. The zero-order chi connectivity index (χ0) is 13.8. The summed E-state index contributed by atoms with van der Waals surface area (Å²) in [5, 5.41) is 6.58. The van der Waals surface area contributed by atoms with Gasteiger partial charge in [-0.1, -0.05) is 41.7 Å². The lowest BCUT2D eigenvalue weighted by molar-refractivity contribution is 0.310. The normalized spacial score (nSPS) is 10.7. The van der Waals surface area contributed by atoms with E-state index in [1.807, 2.05) is 24.4 Å². The zero-order valence-corrected chi connectivity index (χ0v) is 12.1. The Balaban J connectivity index is 1.69. The fourth-order valence-corrected chi connectivity index (χ4v) is 2.81. The number of anilines is 1. The molecule has 0 spiro atoms. The van der Waals surface area contributed by atoms with Crippen molar-refractivity contribution in [2.24, 2.45) is 0 Å². The van der Waals surface area contributed by atoms with E-state index in [9.17, 15) is 0 Å². The van der Waals surface area contributed by atoms with Crippen LogP contribution in [0, 0.1) is 0 Å². The minimum absolute atomic E-state index is 0.557. The van der Waals surface area contributed by atoms with Crippen LogP contribution in [0.3, 0.4) is 0 Å². The van der Waals surface area contributed by atoms with Gasteiger partial charge in [-0.3, -0.25) is 0 Å². The molecule has 0 bridgehead atoms. The van der Waals surface area contributed by atoms with E-state index in [-0.39, 0.29) is 0 Å². The van der Waals surface area contributed by atoms with Crippen LogP contribution in [-0.4, -0.2) is 11.5 Å². The Bertz CT molecular complexity index is 708. The van der Waals surface area contributed by atoms with E-state index >= 15 is 0 Å². The number of fused-ring (bicyclic) bond motifs is 1. The Kier molecular flexibility index (Phi) is 3.83. The first-order valence-electron chi connectivity index (χ1n) is 6.65. The third kappa shape index (κ3) is 2.91. The van der Waals surface area contributed by atoms with Crippen LogP contribution in [0.2, 0.25) is 0 Å². The molecular formula is C16H16N2OS. The fraction of sp³-hybridized carbons (Fsp3) is 0.188. The van der Waals surface area contributed by atoms with Crippen molar-refractivity contribution in [1.29, 1.82) is 0 Å². The van der Waals surface area contributed by atoms with Gasteiger partial charge >= 0.3 is 0 Å². The number of aromatic nitrogens is 1. The Morgan fingerprint density at radius 1 is 1.15 bits per heavy atom. The molecule has 0 aliphatic heterocycles. The maximum absolute atomic E-state index is 5.83. The molecule has 0 saturated carbocycles. The largest absolute Gasteiger partial charge is 0.488 e. The van der Waals surface area contributed by atoms with Gasteiger partial charge in [0.1, 0.15) is 12.4 Å². The third-order valence-electron chi connectivity index (χ3n) is 2.98. The summed E-state index contributed by atoms with van der Waals surface area (Å²) >= 11 is 1.63. The highest BCUT2D eigenvalue weighted by molar-refractivity contribution is 7.15. The van der Waals surface area contributed by atoms with Crippen LogP contribution >= 0.6 is 11.3 Å². The first kappa shape index (κ1) is 12.9. The van der Waals surface area contributed by atoms with E-state index < -0.39 is 0 Å². The predicted molar refractivity (Wildman–Crippen MR) is 84.6 cm³/mol. The second-order valence-electron chi connectivity index (χ2n) is 4.46. The summed E-state index contributed by atoms with van der Waals surface area (Å²) in [4.78, 5) is 5.42. The van der Waals surface area contributed by atoms with Gasteiger partial charge in [0.15, 0.2) is 5.13 Å². The third-order valence-corrected chi connectivity index (χ3v) is 3.91. The van der Waals surface area contributed by atoms with Gasteiger partial charge in [0.05, 0.1) is 4.88 Å². The van der Waals surface area contributed by atoms with Crippen molar-refractivity contribution < 1.29 is 4.74 Å². The second-order valence-corrected chi connectivity index (χ2v) is 5.57. The van der Waals surface area contributed by atoms with E-state index in [1.54, 1.807) is 11.3 Å². The average Bonchev–Trinajstić information content (AvgIpc) is 2.93. The summed E-state index contributed by atoms with van der Waals surface area (Å²) in [7, 11) is 0. The van der Waals surface area contributed by atoms with Crippen molar-refractivity contribution in [2.45, 2.75) is 13.5 Å². The molecule has 0 aliphatic rings. The van der Waals surface area contributed by atoms with Gasteiger partial charge in [-0.15, -0.1) is 0 Å². The van der Waals surface area contributed by atoms with Crippen LogP contribution in [0.4, 0.5) is 5.13 Å². The van der Waals surface area contributed by atoms with Gasteiger partial charge in [-0.2, -0.15) is 0 Å². The molecule has 0 amide bonds. The maximum Gasteiger partial charge on any atom is 0.182 e. The number of thiazole rings is 1. The van der Waals surface area contributed by atoms with Gasteiger partial charge < -0.3 is 10.1 Å². The standard InChI is InChI=1S/C16H16N2OS/c1-2-17-16-18-10-15(20-16)11-19-14-8-7-12-5-3-4-6-13(12)9-14/h3-10H,2,11H2,1H3,(H,17,18). The Morgan fingerprint density at radius 2 is 2.00 bits per heavy atom. The van der Waals surface area contributed by atoms with Gasteiger partial charge in [0.2, 0.25) is 0 Å². The first-order chi connectivity index (χ1) is 9.85. The number of nitrogens with one attached hydrogen (secondary N) is 1. The molecule has 102 valence electrons. The molecule has 1 aromatic heterocycles. The van der Waals surface area contributed by atoms with E-state index in [0.29, 0.717) is 6.61 Å². The molecule has 3 nitrogen and oxygen atoms in total. The quantitative estimate of drug-likeness (QED) is 0.758. The van der Waals surface area contributed by atoms with Crippen LogP contribution in [-0.2, 0) is 6.61 Å². The summed E-state index contributed by atoms with van der Waals surface area (Å²) in [5.41, 5.74) is 0. The van der Waals surface area contributed by atoms with E-state index in [2.05, 4.69) is 41.5 Å². The Morgan fingerprint density at radius 3 is 2.85 bits per heavy atom. The summed E-state index contributed by atoms with van der Waals surface area (Å²) in [5.74, 6) is 0.891. The van der Waals surface area contributed by atoms with Gasteiger partial charge in [0, 0.05) is 12.7 Å². The average molecular weight is 284 g/mol. The van der Waals surface area contributed by atoms with Crippen molar-refractivity contribution in [1.82, 2.24) is 4.98 Å². The van der Waals surface area contributed by atoms with E-state index in [0.717, 1.165) is 22.3 Å². The molecule has 2 aromatic carbocycles. The van der Waals surface area contributed by atoms with Crippen LogP contribution in [0.5, 0.6) is 5.75 Å². The van der Waals surface area contributed by atoms with Crippen LogP contribution < -0.4 is 10.1 Å². The summed E-state index contributed by atoms with van der Waals surface area (Å²) in [6, 6.07) is 14.4. The van der Waals surface area contributed by atoms with Crippen molar-refractivity contribution in [3.63, 3.8) is 0 Å². The lowest BCUT2D eigenvalue weighted by Gasteiger charge is -2.05. The summed E-state index contributed by atoms with van der Waals surface area (Å²) in [6.07, 6.45) is 1.86. The highest BCUT2D eigenvalue weighted by Crippen LogP contribution is 2.23. The zero-order valence-electron chi connectivity index (χ0n) is 11.3. The van der Waals surface area contributed by atoms with Crippen LogP contribution in [0.1, 0.15) is 11.8 Å². The number of hydrogen-bond donors (Lipinski definition) is 1. The molecule has 1 N–H and O–H groups in total. The van der Waals surface area contributed by atoms with Crippen molar-refractivity contribution in [3.05, 3.63) is 53.5 Å². The lowest BCUT2D eigenvalue weighted by atomic mass is 10.1. The van der Waals surface area contributed by atoms with E-state index in [4.69, 9.17) is 4.74 Å². The van der Waals surface area contributed by atoms with Gasteiger partial charge in [0.25, 0.3) is 0 Å². The molecule has 3 rings (SSSR count). The molecule has 0 unspecified atom stereocenters. The highest BCUT2D eigenvalue weighted by atomic mass is 32.1. The molecule has 20 heavy (non-hydrogen) atoms. The van der Waals surface area contributed by atoms with E-state index in [1.165, 1.54) is 10.8 Å². The Hall–Kier alpha value is -2.07. The number of ether oxygens (including phenoxy) is 1. The Labute approximate surface area is 122 Å². The smallest absolute Gasteiger partial charge is 0.182 e. The first-order valence-corrected chi connectivity index (χ1v) is 7.47. The van der Waals surface area contributed by atoms with Crippen molar-refractivity contribution in [2.75, 3.05) is 11.9 Å². The molecule has 4 heteroatoms. The summed E-state index contributed by atoms with van der Waals surface area (Å²) in [6.45, 7) is 3.51. The number of hydrogen-bond acceptors (Lipinski definition) is 4. The number of benzene rings is 2. The molecule has 3 aromatic rings. The SMILES string of the molecule is CCNc1ncc(COc2ccc3ccccc3c2)s1. The van der Waals surface area contributed by atoms with Gasteiger partial charge in [-0.25, -0.2) is 4.98 Å². The molecule has 0 radical (unpaired) electrons. The minimum Gasteiger partial charge on any atom is -0.488 e. The molecule has 0 aliphatic carbocycles. The van der Waals surface area contributed by atoms with Crippen molar-refractivity contribution >= 4 is 27.2 Å². The van der Waals surface area contributed by atoms with Crippen LogP contribution in [0.25, 0.3) is 10.8 Å². The molecule has 0 saturated heterocycles. The summed E-state index contributed by atoms with van der Waals surface area (Å²) < 4.78 is 5.83. The molecule has 1 heterocycles. The molecule has 0 atom stereocenters. The fourth-order valence-electron chi connectivity index (χ4n) is 2.02. The minimum atomic E-state index is 0.557. The highest BCUT2D eigenvalue weighted by Gasteiger charge is 2.02. The number of nitrogens with zero attached hydrogens (tertiary/aromatic N) is 1. The predicted octanol–water partition coefficient (Wildman–Crippen LogP) is 4.31. The molecular weight excluding hydrogens is 268 g/mol. The monoisotopic (exact) mass is 284 g/mol. The lowest BCUT2D eigenvalue weighted by Crippen LogP contribution is -1.94.